The number of rotatable bonds is 5. The lowest BCUT2D eigenvalue weighted by Gasteiger charge is -2.06. The summed E-state index contributed by atoms with van der Waals surface area (Å²) in [6.45, 7) is 0.260. The van der Waals surface area contributed by atoms with E-state index in [1.54, 1.807) is 24.3 Å². The van der Waals surface area contributed by atoms with Crippen LogP contribution in [-0.2, 0) is 16.1 Å². The lowest BCUT2D eigenvalue weighted by atomic mass is 10.2. The number of benzene rings is 1. The van der Waals surface area contributed by atoms with Crippen molar-refractivity contribution >= 4 is 5.97 Å². The molecule has 0 fully saturated rings. The van der Waals surface area contributed by atoms with Gasteiger partial charge in [-0.2, -0.15) is 0 Å². The van der Waals surface area contributed by atoms with E-state index in [2.05, 4.69) is 4.74 Å². The number of carbonyl (C=O) groups excluding carboxylic acids is 1. The molecule has 1 aromatic rings. The molecule has 0 heterocycles. The van der Waals surface area contributed by atoms with Crippen LogP contribution >= 0.6 is 0 Å². The summed E-state index contributed by atoms with van der Waals surface area (Å²) in [6, 6.07) is 7.10. The van der Waals surface area contributed by atoms with E-state index in [1.807, 2.05) is 0 Å². The van der Waals surface area contributed by atoms with Crippen molar-refractivity contribution in [3.63, 3.8) is 0 Å². The predicted octanol–water partition coefficient (Wildman–Crippen LogP) is 1.12. The Labute approximate surface area is 88.4 Å². The Balaban J connectivity index is 2.40. The molecule has 1 rings (SSSR count). The van der Waals surface area contributed by atoms with Gasteiger partial charge in [0, 0.05) is 0 Å². The van der Waals surface area contributed by atoms with Crippen LogP contribution < -0.4 is 4.74 Å². The van der Waals surface area contributed by atoms with Crippen LogP contribution in [0.25, 0.3) is 0 Å². The highest BCUT2D eigenvalue weighted by Crippen LogP contribution is 2.13. The maximum atomic E-state index is 10.8. The Morgan fingerprint density at radius 3 is 2.93 bits per heavy atom. The van der Waals surface area contributed by atoms with Gasteiger partial charge in [-0.05, 0) is 17.7 Å². The molecule has 0 saturated heterocycles. The van der Waals surface area contributed by atoms with E-state index < -0.39 is 0 Å². The van der Waals surface area contributed by atoms with Gasteiger partial charge in [0.1, 0.15) is 5.75 Å². The molecular weight excluding hydrogens is 196 g/mol. The topological polar surface area (TPSA) is 55.8 Å². The van der Waals surface area contributed by atoms with Gasteiger partial charge in [-0.1, -0.05) is 12.1 Å². The molecule has 0 amide bonds. The van der Waals surface area contributed by atoms with Crippen LogP contribution in [0.3, 0.4) is 0 Å². The number of aliphatic hydroxyl groups is 1. The van der Waals surface area contributed by atoms with Crippen molar-refractivity contribution in [2.45, 2.75) is 13.0 Å². The number of ether oxygens (including phenoxy) is 2. The lowest BCUT2D eigenvalue weighted by Crippen LogP contribution is -2.07. The van der Waals surface area contributed by atoms with Crippen LogP contribution in [0.15, 0.2) is 24.3 Å². The molecule has 0 aliphatic rings. The summed E-state index contributed by atoms with van der Waals surface area (Å²) in [4.78, 5) is 10.8. The highest BCUT2D eigenvalue weighted by molar-refractivity contribution is 5.69. The van der Waals surface area contributed by atoms with Gasteiger partial charge in [0.15, 0.2) is 0 Å². The van der Waals surface area contributed by atoms with E-state index in [0.29, 0.717) is 5.75 Å². The van der Waals surface area contributed by atoms with Gasteiger partial charge in [-0.15, -0.1) is 0 Å². The van der Waals surface area contributed by atoms with Crippen molar-refractivity contribution in [1.82, 2.24) is 0 Å². The average Bonchev–Trinajstić information content (AvgIpc) is 2.29. The molecule has 1 N–H and O–H groups in total. The minimum atomic E-state index is -0.298. The minimum Gasteiger partial charge on any atom is -0.493 e. The first kappa shape index (κ1) is 11.5. The highest BCUT2D eigenvalue weighted by Gasteiger charge is 2.01. The summed E-state index contributed by atoms with van der Waals surface area (Å²) in [7, 11) is 1.34. The minimum absolute atomic E-state index is 0.0196. The Hall–Kier alpha value is -1.55. The zero-order valence-electron chi connectivity index (χ0n) is 8.60. The molecule has 0 aliphatic carbocycles. The molecule has 0 saturated carbocycles. The molecule has 1 aromatic carbocycles. The third-order valence-electron chi connectivity index (χ3n) is 1.88. The van der Waals surface area contributed by atoms with Gasteiger partial charge in [0.25, 0.3) is 0 Å². The van der Waals surface area contributed by atoms with Gasteiger partial charge in [0.05, 0.1) is 26.7 Å². The Bertz CT molecular complexity index is 322. The quantitative estimate of drug-likeness (QED) is 0.740. The van der Waals surface area contributed by atoms with Crippen LogP contribution in [0, 0.1) is 0 Å². The summed E-state index contributed by atoms with van der Waals surface area (Å²) in [5.74, 6) is 0.346. The fraction of sp³-hybridized carbons (Fsp3) is 0.364. The molecule has 15 heavy (non-hydrogen) atoms. The van der Waals surface area contributed by atoms with Crippen LogP contribution in [0.4, 0.5) is 0 Å². The Kier molecular flexibility index (Phi) is 4.63. The molecule has 0 aliphatic heterocycles. The van der Waals surface area contributed by atoms with Crippen LogP contribution in [0.5, 0.6) is 5.75 Å². The lowest BCUT2D eigenvalue weighted by molar-refractivity contribution is -0.141. The first-order chi connectivity index (χ1) is 7.26. The second kappa shape index (κ2) is 6.03. The van der Waals surface area contributed by atoms with E-state index in [-0.39, 0.29) is 25.6 Å². The molecule has 82 valence electrons. The average molecular weight is 210 g/mol. The van der Waals surface area contributed by atoms with Crippen molar-refractivity contribution < 1.29 is 19.4 Å². The molecule has 0 atom stereocenters. The molecular formula is C11H14O4. The molecule has 4 nitrogen and oxygen atoms in total. The van der Waals surface area contributed by atoms with Crippen molar-refractivity contribution in [2.24, 2.45) is 0 Å². The predicted molar refractivity (Wildman–Crippen MR) is 54.5 cm³/mol. The number of hydrogen-bond acceptors (Lipinski definition) is 4. The van der Waals surface area contributed by atoms with Crippen molar-refractivity contribution in [1.29, 1.82) is 0 Å². The van der Waals surface area contributed by atoms with Crippen LogP contribution in [-0.4, -0.2) is 24.8 Å². The third kappa shape index (κ3) is 3.99. The first-order valence-electron chi connectivity index (χ1n) is 4.65. The second-order valence-corrected chi connectivity index (χ2v) is 2.98. The summed E-state index contributed by atoms with van der Waals surface area (Å²) in [5.41, 5.74) is 0.783. The van der Waals surface area contributed by atoms with Crippen molar-refractivity contribution in [3.8, 4) is 5.75 Å². The van der Waals surface area contributed by atoms with Gasteiger partial charge in [0.2, 0.25) is 0 Å². The zero-order chi connectivity index (χ0) is 11.1. The normalized spacial score (nSPS) is 9.73. The summed E-state index contributed by atoms with van der Waals surface area (Å²) < 4.78 is 9.78. The standard InChI is InChI=1S/C11H14O4/c1-14-11(13)5-6-15-10-4-2-3-9(7-10)8-12/h2-4,7,12H,5-6,8H2,1H3. The first-order valence-corrected chi connectivity index (χ1v) is 4.65. The van der Waals surface area contributed by atoms with E-state index in [4.69, 9.17) is 9.84 Å². The number of esters is 1. The van der Waals surface area contributed by atoms with Gasteiger partial charge in [-0.25, -0.2) is 0 Å². The van der Waals surface area contributed by atoms with Gasteiger partial charge in [-0.3, -0.25) is 4.79 Å². The van der Waals surface area contributed by atoms with Crippen molar-refractivity contribution in [2.75, 3.05) is 13.7 Å². The molecule has 4 heteroatoms. The Morgan fingerprint density at radius 1 is 1.47 bits per heavy atom. The van der Waals surface area contributed by atoms with Gasteiger partial charge < -0.3 is 14.6 Å². The number of hydrogen-bond donors (Lipinski definition) is 1. The maximum Gasteiger partial charge on any atom is 0.308 e. The highest BCUT2D eigenvalue weighted by atomic mass is 16.5. The van der Waals surface area contributed by atoms with Gasteiger partial charge >= 0.3 is 5.97 Å². The monoisotopic (exact) mass is 210 g/mol. The van der Waals surface area contributed by atoms with Crippen LogP contribution in [0.2, 0.25) is 0 Å². The Morgan fingerprint density at radius 2 is 2.27 bits per heavy atom. The van der Waals surface area contributed by atoms with E-state index in [1.165, 1.54) is 7.11 Å². The molecule has 0 unspecified atom stereocenters. The number of aliphatic hydroxyl groups excluding tert-OH is 1. The SMILES string of the molecule is COC(=O)CCOc1cccc(CO)c1. The summed E-state index contributed by atoms with van der Waals surface area (Å²) in [5, 5.41) is 8.88. The summed E-state index contributed by atoms with van der Waals surface area (Å²) in [6.07, 6.45) is 0.222. The largest absolute Gasteiger partial charge is 0.493 e. The smallest absolute Gasteiger partial charge is 0.308 e. The molecule has 0 bridgehead atoms. The zero-order valence-corrected chi connectivity index (χ0v) is 8.60. The summed E-state index contributed by atoms with van der Waals surface area (Å²) >= 11 is 0. The number of carbonyl (C=O) groups is 1. The maximum absolute atomic E-state index is 10.8. The van der Waals surface area contributed by atoms with Crippen molar-refractivity contribution in [3.05, 3.63) is 29.8 Å². The van der Waals surface area contributed by atoms with Crippen LogP contribution in [0.1, 0.15) is 12.0 Å². The van der Waals surface area contributed by atoms with E-state index in [9.17, 15) is 4.79 Å². The fourth-order valence-electron chi connectivity index (χ4n) is 1.09. The molecule has 0 spiro atoms. The number of methoxy groups -OCH3 is 1. The second-order valence-electron chi connectivity index (χ2n) is 2.98. The fourth-order valence-corrected chi connectivity index (χ4v) is 1.09. The van der Waals surface area contributed by atoms with E-state index in [0.717, 1.165) is 5.56 Å². The van der Waals surface area contributed by atoms with E-state index >= 15 is 0 Å². The molecule has 0 radical (unpaired) electrons. The third-order valence-corrected chi connectivity index (χ3v) is 1.88. The molecule has 0 aromatic heterocycles.